The summed E-state index contributed by atoms with van der Waals surface area (Å²) in [5.41, 5.74) is 0. The summed E-state index contributed by atoms with van der Waals surface area (Å²) in [4.78, 5) is 0. The second-order valence-electron chi connectivity index (χ2n) is 7.88. The fraction of sp³-hybridized carbons (Fsp3) is 0. The molecule has 0 aliphatic heterocycles. The summed E-state index contributed by atoms with van der Waals surface area (Å²) in [6.07, 6.45) is 0. The summed E-state index contributed by atoms with van der Waals surface area (Å²) in [5.74, 6) is 0.431. The minimum Gasteiger partial charge on any atom is -0.872 e. The molecule has 0 saturated carbocycles. The van der Waals surface area contributed by atoms with Crippen LogP contribution in [0.3, 0.4) is 0 Å². The van der Waals surface area contributed by atoms with Gasteiger partial charge in [0.05, 0.1) is 0 Å². The third-order valence-corrected chi connectivity index (χ3v) is 4.46. The zero-order valence-electron chi connectivity index (χ0n) is 28.8. The summed E-state index contributed by atoms with van der Waals surface area (Å²) in [5, 5.41) is 61.6. The Hall–Kier alpha value is 0.120. The average Bonchev–Trinajstić information content (AvgIpc) is 3.01. The smallest absolute Gasteiger partial charge is 0.872 e. The van der Waals surface area contributed by atoms with Gasteiger partial charge in [0.25, 0.3) is 0 Å². The maximum absolute atomic E-state index is 10.3. The molecule has 6 rings (SSSR count). The van der Waals surface area contributed by atoms with Crippen molar-refractivity contribution in [3.63, 3.8) is 0 Å². The van der Waals surface area contributed by atoms with Gasteiger partial charge in [-0.3, -0.25) is 0 Å². The maximum Gasteiger partial charge on any atom is 1.00 e. The molecule has 216 valence electrons. The van der Waals surface area contributed by atoms with E-state index in [1.165, 1.54) is 72.8 Å². The fourth-order valence-electron chi connectivity index (χ4n) is 2.52. The van der Waals surface area contributed by atoms with Gasteiger partial charge in [-0.05, 0) is 0 Å². The van der Waals surface area contributed by atoms with Gasteiger partial charge in [-0.1, -0.05) is 182 Å². The molecule has 0 unspecified atom stereocenters. The van der Waals surface area contributed by atoms with Crippen LogP contribution in [0.25, 0.3) is 0 Å². The van der Waals surface area contributed by atoms with Gasteiger partial charge < -0.3 is 30.6 Å². The van der Waals surface area contributed by atoms with Crippen LogP contribution in [0.15, 0.2) is 182 Å². The van der Waals surface area contributed by atoms with Crippen LogP contribution >= 0.6 is 0 Å². The van der Waals surface area contributed by atoms with Crippen LogP contribution in [-0.4, -0.2) is 0 Å². The van der Waals surface area contributed by atoms with E-state index in [9.17, 15) is 30.6 Å². The van der Waals surface area contributed by atoms with Gasteiger partial charge in [-0.2, -0.15) is 0 Å². The van der Waals surface area contributed by atoms with Crippen molar-refractivity contribution in [2.24, 2.45) is 0 Å². The Bertz CT molecular complexity index is 1120. The molecular formula is C36H30Na6O6. The van der Waals surface area contributed by atoms with E-state index in [0.29, 0.717) is 0 Å². The van der Waals surface area contributed by atoms with Crippen molar-refractivity contribution in [2.45, 2.75) is 0 Å². The Morgan fingerprint density at radius 2 is 0.250 bits per heavy atom. The van der Waals surface area contributed by atoms with Crippen LogP contribution in [0.5, 0.6) is 34.5 Å². The summed E-state index contributed by atoms with van der Waals surface area (Å²) < 4.78 is 0. The van der Waals surface area contributed by atoms with E-state index in [0.717, 1.165) is 0 Å². The van der Waals surface area contributed by atoms with E-state index in [-0.39, 0.29) is 212 Å². The van der Waals surface area contributed by atoms with E-state index < -0.39 is 0 Å². The Kier molecular flexibility index (Phi) is 54.3. The molecule has 0 radical (unpaired) electrons. The predicted molar refractivity (Wildman–Crippen MR) is 155 cm³/mol. The molecule has 0 N–H and O–H groups in total. The second-order valence-corrected chi connectivity index (χ2v) is 7.88. The van der Waals surface area contributed by atoms with Crippen molar-refractivity contribution in [1.82, 2.24) is 0 Å². The summed E-state index contributed by atoms with van der Waals surface area (Å²) in [6, 6.07) is 50.0. The zero-order valence-corrected chi connectivity index (χ0v) is 40.8. The molecule has 0 atom stereocenters. The van der Waals surface area contributed by atoms with Gasteiger partial charge >= 0.3 is 177 Å². The number of benzene rings is 6. The molecule has 0 fully saturated rings. The van der Waals surface area contributed by atoms with E-state index in [2.05, 4.69) is 0 Å². The molecule has 0 bridgehead atoms. The third kappa shape index (κ3) is 40.5. The first-order chi connectivity index (χ1) is 20.4. The van der Waals surface area contributed by atoms with Gasteiger partial charge in [-0.15, -0.1) is 34.5 Å². The minimum atomic E-state index is 0. The van der Waals surface area contributed by atoms with Crippen LogP contribution < -0.4 is 208 Å². The van der Waals surface area contributed by atoms with Crippen molar-refractivity contribution >= 4 is 0 Å². The van der Waals surface area contributed by atoms with Gasteiger partial charge in [0.1, 0.15) is 0 Å². The van der Waals surface area contributed by atoms with E-state index in [1.54, 1.807) is 72.8 Å². The van der Waals surface area contributed by atoms with Gasteiger partial charge in [-0.25, -0.2) is 0 Å². The largest absolute Gasteiger partial charge is 1.00 e. The quantitative estimate of drug-likeness (QED) is 0.145. The maximum atomic E-state index is 10.3. The Morgan fingerprint density at radius 3 is 0.292 bits per heavy atom. The van der Waals surface area contributed by atoms with Crippen molar-refractivity contribution in [2.75, 3.05) is 0 Å². The molecule has 0 spiro atoms. The SMILES string of the molecule is [Na+].[Na+].[Na+].[Na+].[Na+].[Na+].[O-]c1ccccc1.[O-]c1ccccc1.[O-]c1ccccc1.[O-]c1ccccc1.[O-]c1ccccc1.[O-]c1ccccc1. The number of hydrogen-bond donors (Lipinski definition) is 0. The molecule has 12 heteroatoms. The van der Waals surface area contributed by atoms with E-state index in [1.807, 2.05) is 36.4 Å². The number of para-hydroxylation sites is 6. The first-order valence-electron chi connectivity index (χ1n) is 12.7. The van der Waals surface area contributed by atoms with Crippen molar-refractivity contribution < 1.29 is 208 Å². The Labute approximate surface area is 417 Å². The molecule has 6 aromatic rings. The van der Waals surface area contributed by atoms with Gasteiger partial charge in [0.2, 0.25) is 0 Å². The molecule has 0 aliphatic rings. The summed E-state index contributed by atoms with van der Waals surface area (Å²) in [7, 11) is 0. The topological polar surface area (TPSA) is 138 Å². The summed E-state index contributed by atoms with van der Waals surface area (Å²) in [6.45, 7) is 0. The molecule has 48 heavy (non-hydrogen) atoms. The van der Waals surface area contributed by atoms with Crippen molar-refractivity contribution in [3.8, 4) is 34.5 Å². The molecule has 0 aliphatic carbocycles. The van der Waals surface area contributed by atoms with Gasteiger partial charge in [0.15, 0.2) is 0 Å². The number of rotatable bonds is 0. The van der Waals surface area contributed by atoms with Crippen molar-refractivity contribution in [3.05, 3.63) is 182 Å². The van der Waals surface area contributed by atoms with Gasteiger partial charge in [0, 0.05) is 0 Å². The Balaban J connectivity index is -0.000000108. The van der Waals surface area contributed by atoms with E-state index in [4.69, 9.17) is 0 Å². The fourth-order valence-corrected chi connectivity index (χ4v) is 2.52. The minimum absolute atomic E-state index is 0. The molecule has 0 amide bonds. The average molecular weight is 697 g/mol. The van der Waals surface area contributed by atoms with Crippen LogP contribution in [-0.2, 0) is 0 Å². The second kappa shape index (κ2) is 43.3. The number of hydrogen-bond acceptors (Lipinski definition) is 6. The normalized spacial score (nSPS) is 7.50. The summed E-state index contributed by atoms with van der Waals surface area (Å²) >= 11 is 0. The molecule has 0 heterocycles. The zero-order chi connectivity index (χ0) is 30.7. The first-order valence-corrected chi connectivity index (χ1v) is 12.7. The third-order valence-electron chi connectivity index (χ3n) is 4.46. The van der Waals surface area contributed by atoms with Crippen molar-refractivity contribution in [1.29, 1.82) is 0 Å². The standard InChI is InChI=1S/6C6H6O.6Na/c6*7-6-4-2-1-3-5-6;;;;;;/h6*1-5,7H;;;;;;/q;;;;;;6*+1/p-6. The molecule has 0 aromatic heterocycles. The van der Waals surface area contributed by atoms with Crippen LogP contribution in [0.4, 0.5) is 0 Å². The Morgan fingerprint density at radius 1 is 0.167 bits per heavy atom. The van der Waals surface area contributed by atoms with E-state index >= 15 is 0 Å². The van der Waals surface area contributed by atoms with Crippen LogP contribution in [0.2, 0.25) is 0 Å². The monoisotopic (exact) mass is 696 g/mol. The molecule has 6 aromatic carbocycles. The van der Waals surface area contributed by atoms with Crippen LogP contribution in [0, 0.1) is 0 Å². The molecule has 0 saturated heterocycles. The molecular weight excluding hydrogens is 666 g/mol. The molecule has 6 nitrogen and oxygen atoms in total. The predicted octanol–water partition coefficient (Wildman–Crippen LogP) is -13.4. The van der Waals surface area contributed by atoms with Crippen LogP contribution in [0.1, 0.15) is 0 Å². The first kappa shape index (κ1) is 60.2.